The van der Waals surface area contributed by atoms with Crippen LogP contribution < -0.4 is 5.32 Å². The minimum atomic E-state index is 0.216. The SMILES string of the molecule is CN=C(NCC(=O)N1CCCCC1)N1CCC2(CCC2)C1. The highest BCUT2D eigenvalue weighted by molar-refractivity contribution is 5.86. The molecule has 3 aliphatic rings. The second-order valence-electron chi connectivity index (χ2n) is 6.87. The first kappa shape index (κ1) is 14.7. The molecule has 1 saturated carbocycles. The van der Waals surface area contributed by atoms with Gasteiger partial charge in [0.15, 0.2) is 5.96 Å². The van der Waals surface area contributed by atoms with E-state index in [2.05, 4.69) is 15.2 Å². The molecule has 0 unspecified atom stereocenters. The first-order valence-electron chi connectivity index (χ1n) is 8.46. The van der Waals surface area contributed by atoms with Gasteiger partial charge in [-0.25, -0.2) is 0 Å². The Morgan fingerprint density at radius 3 is 2.38 bits per heavy atom. The number of carbonyl (C=O) groups is 1. The molecule has 1 aliphatic carbocycles. The molecule has 0 aromatic carbocycles. The predicted molar refractivity (Wildman–Crippen MR) is 84.3 cm³/mol. The van der Waals surface area contributed by atoms with Crippen molar-refractivity contribution < 1.29 is 4.79 Å². The van der Waals surface area contributed by atoms with Crippen molar-refractivity contribution >= 4 is 11.9 Å². The molecule has 0 atom stereocenters. The van der Waals surface area contributed by atoms with E-state index < -0.39 is 0 Å². The zero-order chi connectivity index (χ0) is 14.7. The summed E-state index contributed by atoms with van der Waals surface area (Å²) in [4.78, 5) is 20.9. The number of nitrogens with zero attached hydrogens (tertiary/aromatic N) is 3. The fourth-order valence-electron chi connectivity index (χ4n) is 3.94. The number of hydrogen-bond acceptors (Lipinski definition) is 2. The number of carbonyl (C=O) groups excluding carboxylic acids is 1. The minimum absolute atomic E-state index is 0.216. The van der Waals surface area contributed by atoms with Crippen molar-refractivity contribution in [1.29, 1.82) is 0 Å². The Balaban J connectivity index is 1.47. The van der Waals surface area contributed by atoms with E-state index in [1.807, 2.05) is 11.9 Å². The summed E-state index contributed by atoms with van der Waals surface area (Å²) in [6, 6.07) is 0. The number of rotatable bonds is 2. The molecule has 0 aromatic heterocycles. The summed E-state index contributed by atoms with van der Waals surface area (Å²) in [6.07, 6.45) is 8.96. The fourth-order valence-corrected chi connectivity index (χ4v) is 3.94. The zero-order valence-corrected chi connectivity index (χ0v) is 13.2. The molecule has 5 heteroatoms. The van der Waals surface area contributed by atoms with E-state index in [1.165, 1.54) is 32.1 Å². The molecule has 2 aliphatic heterocycles. The quantitative estimate of drug-likeness (QED) is 0.619. The van der Waals surface area contributed by atoms with Crippen LogP contribution in [0, 0.1) is 5.41 Å². The monoisotopic (exact) mass is 292 g/mol. The maximum Gasteiger partial charge on any atom is 0.241 e. The molecule has 1 N–H and O–H groups in total. The van der Waals surface area contributed by atoms with Gasteiger partial charge in [0.05, 0.1) is 6.54 Å². The van der Waals surface area contributed by atoms with Crippen LogP contribution in [0.1, 0.15) is 44.9 Å². The maximum atomic E-state index is 12.2. The van der Waals surface area contributed by atoms with Crippen LogP contribution in [-0.2, 0) is 4.79 Å². The summed E-state index contributed by atoms with van der Waals surface area (Å²) in [5.41, 5.74) is 0.564. The largest absolute Gasteiger partial charge is 0.347 e. The molecule has 118 valence electrons. The van der Waals surface area contributed by atoms with Gasteiger partial charge in [-0.05, 0) is 43.9 Å². The molecule has 2 heterocycles. The lowest BCUT2D eigenvalue weighted by Gasteiger charge is -2.38. The summed E-state index contributed by atoms with van der Waals surface area (Å²) in [7, 11) is 1.82. The van der Waals surface area contributed by atoms with Gasteiger partial charge in [0, 0.05) is 33.2 Å². The molecular formula is C16H28N4O. The number of amides is 1. The summed E-state index contributed by atoms with van der Waals surface area (Å²) < 4.78 is 0. The number of likely N-dealkylation sites (tertiary alicyclic amines) is 2. The molecule has 5 nitrogen and oxygen atoms in total. The second kappa shape index (κ2) is 6.24. The highest BCUT2D eigenvalue weighted by Gasteiger charge is 2.43. The Kier molecular flexibility index (Phi) is 4.36. The Hall–Kier alpha value is -1.26. The lowest BCUT2D eigenvalue weighted by Crippen LogP contribution is -2.47. The van der Waals surface area contributed by atoms with Gasteiger partial charge in [-0.15, -0.1) is 0 Å². The Morgan fingerprint density at radius 2 is 1.81 bits per heavy atom. The molecule has 0 radical (unpaired) electrons. The van der Waals surface area contributed by atoms with Gasteiger partial charge in [-0.1, -0.05) is 6.42 Å². The van der Waals surface area contributed by atoms with Gasteiger partial charge in [-0.2, -0.15) is 0 Å². The predicted octanol–water partition coefficient (Wildman–Crippen LogP) is 1.45. The van der Waals surface area contributed by atoms with E-state index >= 15 is 0 Å². The van der Waals surface area contributed by atoms with Crippen LogP contribution in [0.3, 0.4) is 0 Å². The van der Waals surface area contributed by atoms with Gasteiger partial charge in [0.1, 0.15) is 0 Å². The van der Waals surface area contributed by atoms with Crippen LogP contribution in [0.25, 0.3) is 0 Å². The van der Waals surface area contributed by atoms with Gasteiger partial charge < -0.3 is 15.1 Å². The highest BCUT2D eigenvalue weighted by Crippen LogP contribution is 2.47. The summed E-state index contributed by atoms with van der Waals surface area (Å²) >= 11 is 0. The number of nitrogens with one attached hydrogen (secondary N) is 1. The van der Waals surface area contributed by atoms with Crippen molar-refractivity contribution in [3.63, 3.8) is 0 Å². The van der Waals surface area contributed by atoms with Crippen LogP contribution in [-0.4, -0.2) is 61.4 Å². The van der Waals surface area contributed by atoms with E-state index in [4.69, 9.17) is 0 Å². The van der Waals surface area contributed by atoms with Gasteiger partial charge in [-0.3, -0.25) is 9.79 Å². The van der Waals surface area contributed by atoms with E-state index in [9.17, 15) is 4.79 Å². The van der Waals surface area contributed by atoms with Crippen molar-refractivity contribution in [3.05, 3.63) is 0 Å². The van der Waals surface area contributed by atoms with Crippen molar-refractivity contribution in [2.75, 3.05) is 39.8 Å². The van der Waals surface area contributed by atoms with Crippen LogP contribution in [0.15, 0.2) is 4.99 Å². The number of hydrogen-bond donors (Lipinski definition) is 1. The molecule has 3 fully saturated rings. The number of guanidine groups is 1. The Morgan fingerprint density at radius 1 is 1.05 bits per heavy atom. The van der Waals surface area contributed by atoms with E-state index in [1.54, 1.807) is 0 Å². The lowest BCUT2D eigenvalue weighted by atomic mass is 9.68. The Bertz CT molecular complexity index is 411. The molecular weight excluding hydrogens is 264 g/mol. The van der Waals surface area contributed by atoms with Gasteiger partial charge >= 0.3 is 0 Å². The summed E-state index contributed by atoms with van der Waals surface area (Å²) in [5.74, 6) is 1.12. The normalized spacial score (nSPS) is 25.1. The molecule has 2 saturated heterocycles. The Labute approximate surface area is 127 Å². The number of aliphatic imine (C=N–C) groups is 1. The average molecular weight is 292 g/mol. The van der Waals surface area contributed by atoms with Crippen LogP contribution in [0.2, 0.25) is 0 Å². The van der Waals surface area contributed by atoms with Crippen molar-refractivity contribution in [2.45, 2.75) is 44.9 Å². The van der Waals surface area contributed by atoms with Crippen molar-refractivity contribution in [3.8, 4) is 0 Å². The van der Waals surface area contributed by atoms with E-state index in [0.717, 1.165) is 45.0 Å². The average Bonchev–Trinajstić information content (AvgIpc) is 2.94. The van der Waals surface area contributed by atoms with Crippen molar-refractivity contribution in [2.24, 2.45) is 10.4 Å². The summed E-state index contributed by atoms with van der Waals surface area (Å²) in [6.45, 7) is 4.43. The highest BCUT2D eigenvalue weighted by atomic mass is 16.2. The van der Waals surface area contributed by atoms with E-state index in [0.29, 0.717) is 12.0 Å². The standard InChI is InChI=1S/C16H28N4O/c1-17-15(20-11-8-16(13-20)6-5-7-16)18-12-14(21)19-9-3-2-4-10-19/h2-13H2,1H3,(H,17,18). The maximum absolute atomic E-state index is 12.2. The molecule has 1 amide bonds. The third-order valence-electron chi connectivity index (χ3n) is 5.47. The number of piperidine rings is 1. The first-order chi connectivity index (χ1) is 10.2. The van der Waals surface area contributed by atoms with Crippen molar-refractivity contribution in [1.82, 2.24) is 15.1 Å². The zero-order valence-electron chi connectivity index (χ0n) is 13.2. The molecule has 0 aromatic rings. The third-order valence-corrected chi connectivity index (χ3v) is 5.47. The third kappa shape index (κ3) is 3.16. The molecule has 1 spiro atoms. The van der Waals surface area contributed by atoms with Crippen LogP contribution in [0.5, 0.6) is 0 Å². The van der Waals surface area contributed by atoms with E-state index in [-0.39, 0.29) is 5.91 Å². The first-order valence-corrected chi connectivity index (χ1v) is 8.46. The van der Waals surface area contributed by atoms with Crippen LogP contribution >= 0.6 is 0 Å². The van der Waals surface area contributed by atoms with Crippen LogP contribution in [0.4, 0.5) is 0 Å². The molecule has 3 rings (SSSR count). The minimum Gasteiger partial charge on any atom is -0.347 e. The van der Waals surface area contributed by atoms with Gasteiger partial charge in [0.25, 0.3) is 0 Å². The summed E-state index contributed by atoms with van der Waals surface area (Å²) in [5, 5.41) is 3.28. The van der Waals surface area contributed by atoms with Gasteiger partial charge in [0.2, 0.25) is 5.91 Å². The fraction of sp³-hybridized carbons (Fsp3) is 0.875. The molecule has 21 heavy (non-hydrogen) atoms. The smallest absolute Gasteiger partial charge is 0.241 e. The second-order valence-corrected chi connectivity index (χ2v) is 6.87. The lowest BCUT2D eigenvalue weighted by molar-refractivity contribution is -0.130. The topological polar surface area (TPSA) is 47.9 Å². The molecule has 0 bridgehead atoms.